The summed E-state index contributed by atoms with van der Waals surface area (Å²) in [4.78, 5) is 49.6. The first-order chi connectivity index (χ1) is 8.90. The van der Waals surface area contributed by atoms with E-state index in [1.54, 1.807) is 0 Å². The number of carboxylic acids is 1. The van der Waals surface area contributed by atoms with Crippen LogP contribution in [0.15, 0.2) is 17.2 Å². The van der Waals surface area contributed by atoms with Gasteiger partial charge in [0, 0.05) is 12.6 Å². The van der Waals surface area contributed by atoms with Crippen LogP contribution < -0.4 is 16.6 Å². The molecule has 1 heterocycles. The Balaban J connectivity index is 2.70. The van der Waals surface area contributed by atoms with E-state index in [-0.39, 0.29) is 18.5 Å². The molecule has 0 aromatic carbocycles. The molecule has 19 heavy (non-hydrogen) atoms. The number of H-pyrrole nitrogens is 1. The number of aromatic nitrogens is 2. The molecule has 0 unspecified atom stereocenters. The molecule has 1 atom stereocenters. The van der Waals surface area contributed by atoms with Crippen molar-refractivity contribution in [3.05, 3.63) is 28.4 Å². The van der Waals surface area contributed by atoms with Crippen molar-refractivity contribution in [1.29, 1.82) is 0 Å². The van der Waals surface area contributed by atoms with Crippen LogP contribution in [-0.4, -0.2) is 38.9 Å². The lowest BCUT2D eigenvalue weighted by Crippen LogP contribution is -2.41. The number of hydrogen-bond acceptors (Lipinski definition) is 5. The summed E-state index contributed by atoms with van der Waals surface area (Å²) in [5.74, 6) is -2.73. The fourth-order valence-corrected chi connectivity index (χ4v) is 1.24. The molecular formula is C10H12N4O5. The van der Waals surface area contributed by atoms with Crippen LogP contribution in [-0.2, 0) is 9.59 Å². The highest BCUT2D eigenvalue weighted by atomic mass is 16.4. The van der Waals surface area contributed by atoms with Crippen LogP contribution >= 0.6 is 0 Å². The summed E-state index contributed by atoms with van der Waals surface area (Å²) in [6, 6.07) is -1.26. The minimum Gasteiger partial charge on any atom is -0.480 e. The molecule has 0 aliphatic carbocycles. The van der Waals surface area contributed by atoms with E-state index in [1.165, 1.54) is 0 Å². The van der Waals surface area contributed by atoms with Gasteiger partial charge < -0.3 is 21.1 Å². The molecule has 0 fully saturated rings. The zero-order valence-electron chi connectivity index (χ0n) is 9.75. The highest BCUT2D eigenvalue weighted by molar-refractivity contribution is 5.94. The Kier molecular flexibility index (Phi) is 4.75. The Bertz CT molecular complexity index is 533. The van der Waals surface area contributed by atoms with Gasteiger partial charge in [0.2, 0.25) is 5.91 Å². The van der Waals surface area contributed by atoms with E-state index in [0.717, 1.165) is 12.4 Å². The molecule has 0 spiro atoms. The molecule has 1 aromatic rings. The minimum atomic E-state index is -1.29. The Morgan fingerprint density at radius 2 is 2.16 bits per heavy atom. The largest absolute Gasteiger partial charge is 0.480 e. The molecule has 5 N–H and O–H groups in total. The van der Waals surface area contributed by atoms with E-state index in [4.69, 9.17) is 10.8 Å². The van der Waals surface area contributed by atoms with Crippen molar-refractivity contribution in [1.82, 2.24) is 15.3 Å². The number of carbonyl (C=O) groups is 3. The van der Waals surface area contributed by atoms with Crippen LogP contribution in [0.4, 0.5) is 0 Å². The Morgan fingerprint density at radius 3 is 2.63 bits per heavy atom. The van der Waals surface area contributed by atoms with Crippen LogP contribution in [0.5, 0.6) is 0 Å². The summed E-state index contributed by atoms with van der Waals surface area (Å²) in [7, 11) is 0. The molecule has 2 amide bonds. The molecular weight excluding hydrogens is 256 g/mol. The number of hydrogen-bond donors (Lipinski definition) is 4. The molecule has 0 aliphatic heterocycles. The van der Waals surface area contributed by atoms with Gasteiger partial charge in [-0.2, -0.15) is 0 Å². The molecule has 0 saturated heterocycles. The number of carbonyl (C=O) groups excluding carboxylic acids is 2. The predicted molar refractivity (Wildman–Crippen MR) is 62.2 cm³/mol. The number of nitrogens with one attached hydrogen (secondary N) is 2. The van der Waals surface area contributed by atoms with Gasteiger partial charge in [0.05, 0.1) is 6.20 Å². The highest BCUT2D eigenvalue weighted by Crippen LogP contribution is 1.99. The summed E-state index contributed by atoms with van der Waals surface area (Å²) in [5, 5.41) is 11.1. The zero-order chi connectivity index (χ0) is 14.4. The quantitative estimate of drug-likeness (QED) is 0.478. The summed E-state index contributed by atoms with van der Waals surface area (Å²) < 4.78 is 0. The number of primary amides is 1. The van der Waals surface area contributed by atoms with Crippen LogP contribution in [0, 0.1) is 0 Å². The lowest BCUT2D eigenvalue weighted by Gasteiger charge is -2.12. The number of carboxylic acid groups (broad SMARTS) is 1. The third kappa shape index (κ3) is 4.58. The molecule has 1 rings (SSSR count). The van der Waals surface area contributed by atoms with E-state index < -0.39 is 29.4 Å². The third-order valence-electron chi connectivity index (χ3n) is 2.19. The van der Waals surface area contributed by atoms with E-state index in [9.17, 15) is 19.2 Å². The Hall–Kier alpha value is -2.71. The summed E-state index contributed by atoms with van der Waals surface area (Å²) in [6.07, 6.45) is 1.66. The first-order valence-electron chi connectivity index (χ1n) is 5.27. The van der Waals surface area contributed by atoms with Gasteiger partial charge in [0.25, 0.3) is 11.5 Å². The number of amides is 2. The zero-order valence-corrected chi connectivity index (χ0v) is 9.75. The maximum Gasteiger partial charge on any atom is 0.326 e. The van der Waals surface area contributed by atoms with Crippen LogP contribution in [0.3, 0.4) is 0 Å². The maximum absolute atomic E-state index is 11.6. The van der Waals surface area contributed by atoms with Gasteiger partial charge in [-0.1, -0.05) is 0 Å². The molecule has 0 aliphatic rings. The normalized spacial score (nSPS) is 11.6. The first kappa shape index (κ1) is 14.4. The second-order valence-corrected chi connectivity index (χ2v) is 3.67. The van der Waals surface area contributed by atoms with E-state index >= 15 is 0 Å². The molecule has 1 aromatic heterocycles. The standard InChI is InChI=1S/C10H12N4O5/c11-7(15)2-1-5(10(18)19)14-9(17)6-3-13-8(16)4-12-6/h3-5H,1-2H2,(H2,11,15)(H,13,16)(H,14,17)(H,18,19)/t5-/m0/s1. The van der Waals surface area contributed by atoms with Gasteiger partial charge in [0.15, 0.2) is 0 Å². The topological polar surface area (TPSA) is 155 Å². The second-order valence-electron chi connectivity index (χ2n) is 3.67. The molecule has 9 heteroatoms. The monoisotopic (exact) mass is 268 g/mol. The summed E-state index contributed by atoms with van der Waals surface area (Å²) >= 11 is 0. The fourth-order valence-electron chi connectivity index (χ4n) is 1.24. The molecule has 102 valence electrons. The van der Waals surface area contributed by atoms with Crippen molar-refractivity contribution in [2.45, 2.75) is 18.9 Å². The number of aromatic amines is 1. The fraction of sp³-hybridized carbons (Fsp3) is 0.300. The van der Waals surface area contributed by atoms with Crippen LogP contribution in [0.2, 0.25) is 0 Å². The number of rotatable bonds is 6. The van der Waals surface area contributed by atoms with Gasteiger partial charge in [-0.3, -0.25) is 14.4 Å². The molecule has 0 saturated carbocycles. The molecule has 9 nitrogen and oxygen atoms in total. The average Bonchev–Trinajstić information content (AvgIpc) is 2.34. The van der Waals surface area contributed by atoms with Gasteiger partial charge in [-0.05, 0) is 6.42 Å². The predicted octanol–water partition coefficient (Wildman–Crippen LogP) is -1.78. The molecule has 0 radical (unpaired) electrons. The van der Waals surface area contributed by atoms with E-state index in [0.29, 0.717) is 0 Å². The van der Waals surface area contributed by atoms with E-state index in [1.807, 2.05) is 0 Å². The van der Waals surface area contributed by atoms with Crippen LogP contribution in [0.25, 0.3) is 0 Å². The van der Waals surface area contributed by atoms with Crippen molar-refractivity contribution in [3.63, 3.8) is 0 Å². The SMILES string of the molecule is NC(=O)CC[C@H](NC(=O)c1c[nH]c(=O)cn1)C(=O)O. The van der Waals surface area contributed by atoms with Crippen molar-refractivity contribution in [2.24, 2.45) is 5.73 Å². The number of nitrogens with two attached hydrogens (primary N) is 1. The summed E-state index contributed by atoms with van der Waals surface area (Å²) in [6.45, 7) is 0. The lowest BCUT2D eigenvalue weighted by molar-refractivity contribution is -0.139. The van der Waals surface area contributed by atoms with Crippen LogP contribution in [0.1, 0.15) is 23.3 Å². The van der Waals surface area contributed by atoms with Crippen molar-refractivity contribution < 1.29 is 19.5 Å². The average molecular weight is 268 g/mol. The first-order valence-corrected chi connectivity index (χ1v) is 5.27. The lowest BCUT2D eigenvalue weighted by atomic mass is 10.1. The number of nitrogens with zero attached hydrogens (tertiary/aromatic N) is 1. The second kappa shape index (κ2) is 6.28. The number of aliphatic carboxylic acids is 1. The van der Waals surface area contributed by atoms with Gasteiger partial charge >= 0.3 is 5.97 Å². The third-order valence-corrected chi connectivity index (χ3v) is 2.19. The Labute approximate surface area is 106 Å². The van der Waals surface area contributed by atoms with Gasteiger partial charge in [0.1, 0.15) is 11.7 Å². The highest BCUT2D eigenvalue weighted by Gasteiger charge is 2.21. The van der Waals surface area contributed by atoms with Crippen molar-refractivity contribution in [2.75, 3.05) is 0 Å². The summed E-state index contributed by atoms with van der Waals surface area (Å²) in [5.41, 5.74) is 4.28. The molecule has 0 bridgehead atoms. The smallest absolute Gasteiger partial charge is 0.326 e. The van der Waals surface area contributed by atoms with Gasteiger partial charge in [-0.25, -0.2) is 9.78 Å². The minimum absolute atomic E-state index is 0.125. The van der Waals surface area contributed by atoms with Crippen molar-refractivity contribution >= 4 is 17.8 Å². The maximum atomic E-state index is 11.6. The van der Waals surface area contributed by atoms with Gasteiger partial charge in [-0.15, -0.1) is 0 Å². The van der Waals surface area contributed by atoms with Crippen molar-refractivity contribution in [3.8, 4) is 0 Å². The Morgan fingerprint density at radius 1 is 1.47 bits per heavy atom. The van der Waals surface area contributed by atoms with E-state index in [2.05, 4.69) is 15.3 Å².